The Labute approximate surface area is 150 Å². The summed E-state index contributed by atoms with van der Waals surface area (Å²) < 4.78 is 4.58. The Kier molecular flexibility index (Phi) is 4.27. The van der Waals surface area contributed by atoms with Gasteiger partial charge in [0.05, 0.1) is 4.88 Å². The molecule has 1 fully saturated rings. The molecule has 3 aromatic rings. The molecule has 7 heteroatoms. The molecule has 6 nitrogen and oxygen atoms in total. The number of nitriles is 1. The van der Waals surface area contributed by atoms with Crippen LogP contribution in [0.3, 0.4) is 0 Å². The third-order valence-electron chi connectivity index (χ3n) is 4.24. The predicted octanol–water partition coefficient (Wildman–Crippen LogP) is 2.80. The minimum atomic E-state index is 0.667. The van der Waals surface area contributed by atoms with Crippen LogP contribution in [-0.2, 0) is 0 Å². The van der Waals surface area contributed by atoms with Crippen LogP contribution in [0, 0.1) is 11.3 Å². The second kappa shape index (κ2) is 6.87. The van der Waals surface area contributed by atoms with Gasteiger partial charge in [0, 0.05) is 38.6 Å². The van der Waals surface area contributed by atoms with E-state index in [2.05, 4.69) is 30.2 Å². The van der Waals surface area contributed by atoms with Crippen LogP contribution in [0.2, 0.25) is 0 Å². The van der Waals surface area contributed by atoms with E-state index >= 15 is 0 Å². The number of anilines is 2. The number of benzene rings is 1. The number of hydrogen-bond acceptors (Lipinski definition) is 7. The van der Waals surface area contributed by atoms with Crippen LogP contribution in [0.15, 0.2) is 48.8 Å². The van der Waals surface area contributed by atoms with Crippen LogP contribution in [0.25, 0.3) is 10.4 Å². The molecular formula is C18H16N6S. The van der Waals surface area contributed by atoms with Gasteiger partial charge in [-0.05, 0) is 23.2 Å². The Morgan fingerprint density at radius 1 is 0.920 bits per heavy atom. The smallest absolute Gasteiger partial charge is 0.225 e. The van der Waals surface area contributed by atoms with Crippen molar-refractivity contribution in [2.24, 2.45) is 0 Å². The molecule has 0 aliphatic carbocycles. The summed E-state index contributed by atoms with van der Waals surface area (Å²) in [6.45, 7) is 3.22. The molecule has 0 spiro atoms. The first-order valence-electron chi connectivity index (χ1n) is 8.09. The van der Waals surface area contributed by atoms with Gasteiger partial charge in [-0.15, -0.1) is 0 Å². The maximum Gasteiger partial charge on any atom is 0.225 e. The molecule has 0 bridgehead atoms. The summed E-state index contributed by atoms with van der Waals surface area (Å²) >= 11 is 1.39. The van der Waals surface area contributed by atoms with Gasteiger partial charge in [0.1, 0.15) is 11.6 Å². The van der Waals surface area contributed by atoms with Crippen molar-refractivity contribution in [3.05, 3.63) is 54.4 Å². The van der Waals surface area contributed by atoms with Crippen molar-refractivity contribution in [2.45, 2.75) is 0 Å². The highest BCUT2D eigenvalue weighted by molar-refractivity contribution is 7.10. The van der Waals surface area contributed by atoms with Crippen molar-refractivity contribution in [1.29, 1.82) is 5.26 Å². The van der Waals surface area contributed by atoms with Crippen LogP contribution in [0.5, 0.6) is 0 Å². The Balaban J connectivity index is 1.54. The second-order valence-corrected chi connectivity index (χ2v) is 6.48. The van der Waals surface area contributed by atoms with Crippen molar-refractivity contribution in [3.8, 4) is 16.5 Å². The van der Waals surface area contributed by atoms with Gasteiger partial charge in [-0.1, -0.05) is 30.3 Å². The van der Waals surface area contributed by atoms with E-state index in [1.807, 2.05) is 36.4 Å². The summed E-state index contributed by atoms with van der Waals surface area (Å²) in [4.78, 5) is 13.9. The van der Waals surface area contributed by atoms with Crippen molar-refractivity contribution in [1.82, 2.24) is 14.3 Å². The molecule has 1 aliphatic rings. The summed E-state index contributed by atoms with van der Waals surface area (Å²) in [6, 6.07) is 14.1. The maximum absolute atomic E-state index is 9.67. The summed E-state index contributed by atoms with van der Waals surface area (Å²) in [5.74, 6) is 1.55. The largest absolute Gasteiger partial charge is 0.351 e. The Morgan fingerprint density at radius 3 is 2.28 bits per heavy atom. The molecule has 1 aliphatic heterocycles. The zero-order valence-corrected chi connectivity index (χ0v) is 14.4. The Bertz CT molecular complexity index is 879. The average molecular weight is 348 g/mol. The van der Waals surface area contributed by atoms with Gasteiger partial charge >= 0.3 is 0 Å². The first kappa shape index (κ1) is 15.5. The van der Waals surface area contributed by atoms with Crippen molar-refractivity contribution < 1.29 is 0 Å². The normalized spacial score (nSPS) is 14.4. The third kappa shape index (κ3) is 3.04. The molecule has 3 heterocycles. The van der Waals surface area contributed by atoms with E-state index in [-0.39, 0.29) is 0 Å². The summed E-state index contributed by atoms with van der Waals surface area (Å²) in [5, 5.41) is 9.67. The molecule has 0 radical (unpaired) electrons. The number of nitrogens with zero attached hydrogens (tertiary/aromatic N) is 6. The second-order valence-electron chi connectivity index (χ2n) is 5.71. The van der Waals surface area contributed by atoms with Crippen LogP contribution >= 0.6 is 11.5 Å². The monoisotopic (exact) mass is 348 g/mol. The van der Waals surface area contributed by atoms with E-state index < -0.39 is 0 Å². The van der Waals surface area contributed by atoms with Gasteiger partial charge in [-0.2, -0.15) is 9.64 Å². The number of hydrogen-bond donors (Lipinski definition) is 0. The summed E-state index contributed by atoms with van der Waals surface area (Å²) in [7, 11) is 0. The molecule has 25 heavy (non-hydrogen) atoms. The van der Waals surface area contributed by atoms with E-state index in [0.717, 1.165) is 48.4 Å². The number of rotatable bonds is 3. The maximum atomic E-state index is 9.67. The summed E-state index contributed by atoms with van der Waals surface area (Å²) in [6.07, 6.45) is 3.52. The van der Waals surface area contributed by atoms with Gasteiger partial charge < -0.3 is 9.80 Å². The van der Waals surface area contributed by atoms with Crippen molar-refractivity contribution in [3.63, 3.8) is 0 Å². The summed E-state index contributed by atoms with van der Waals surface area (Å²) in [5.41, 5.74) is 1.71. The molecular weight excluding hydrogens is 332 g/mol. The molecule has 0 amide bonds. The molecule has 0 atom stereocenters. The van der Waals surface area contributed by atoms with E-state index in [9.17, 15) is 5.26 Å². The highest BCUT2D eigenvalue weighted by Crippen LogP contribution is 2.34. The Morgan fingerprint density at radius 2 is 1.60 bits per heavy atom. The zero-order chi connectivity index (χ0) is 17.1. The lowest BCUT2D eigenvalue weighted by molar-refractivity contribution is 0.636. The van der Waals surface area contributed by atoms with Crippen molar-refractivity contribution >= 4 is 23.3 Å². The quantitative estimate of drug-likeness (QED) is 0.725. The average Bonchev–Trinajstić information content (AvgIpc) is 3.13. The predicted molar refractivity (Wildman–Crippen MR) is 98.7 cm³/mol. The van der Waals surface area contributed by atoms with Crippen LogP contribution in [-0.4, -0.2) is 40.5 Å². The Hall–Kier alpha value is -2.98. The highest BCUT2D eigenvalue weighted by Gasteiger charge is 2.25. The highest BCUT2D eigenvalue weighted by atomic mass is 32.1. The van der Waals surface area contributed by atoms with E-state index in [1.165, 1.54) is 11.5 Å². The molecule has 0 unspecified atom stereocenters. The van der Waals surface area contributed by atoms with Crippen LogP contribution in [0.4, 0.5) is 11.8 Å². The molecule has 2 aromatic heterocycles. The third-order valence-corrected chi connectivity index (χ3v) is 5.12. The van der Waals surface area contributed by atoms with Crippen LogP contribution < -0.4 is 9.80 Å². The van der Waals surface area contributed by atoms with E-state index in [1.54, 1.807) is 12.4 Å². The number of aromatic nitrogens is 3. The minimum Gasteiger partial charge on any atom is -0.351 e. The fraction of sp³-hybridized carbons (Fsp3) is 0.222. The van der Waals surface area contributed by atoms with E-state index in [4.69, 9.17) is 0 Å². The zero-order valence-electron chi connectivity index (χ0n) is 13.5. The SMILES string of the molecule is N#Cc1c(N2CCN(c3ncccn3)CC2)nsc1-c1ccccc1. The molecule has 0 saturated carbocycles. The minimum absolute atomic E-state index is 0.667. The first-order valence-corrected chi connectivity index (χ1v) is 8.86. The van der Waals surface area contributed by atoms with Gasteiger partial charge in [0.2, 0.25) is 5.95 Å². The number of piperazine rings is 1. The van der Waals surface area contributed by atoms with Gasteiger partial charge in [-0.25, -0.2) is 9.97 Å². The molecule has 124 valence electrons. The fourth-order valence-corrected chi connectivity index (χ4v) is 3.81. The molecule has 4 rings (SSSR count). The molecule has 1 aromatic carbocycles. The molecule has 0 N–H and O–H groups in total. The van der Waals surface area contributed by atoms with E-state index in [0.29, 0.717) is 5.56 Å². The lowest BCUT2D eigenvalue weighted by atomic mass is 10.1. The van der Waals surface area contributed by atoms with Crippen LogP contribution in [0.1, 0.15) is 5.56 Å². The topological polar surface area (TPSA) is 68.9 Å². The van der Waals surface area contributed by atoms with Gasteiger partial charge in [0.15, 0.2) is 5.82 Å². The van der Waals surface area contributed by atoms with Crippen molar-refractivity contribution in [2.75, 3.05) is 36.0 Å². The van der Waals surface area contributed by atoms with Gasteiger partial charge in [-0.3, -0.25) is 0 Å². The fourth-order valence-electron chi connectivity index (χ4n) is 2.96. The standard InChI is InChI=1S/C18H16N6S/c19-13-15-16(14-5-2-1-3-6-14)25-22-17(15)23-9-11-24(12-10-23)18-20-7-4-8-21-18/h1-8H,9-12H2. The first-order chi connectivity index (χ1) is 12.4. The molecule has 1 saturated heterocycles. The lowest BCUT2D eigenvalue weighted by Crippen LogP contribution is -2.47. The lowest BCUT2D eigenvalue weighted by Gasteiger charge is -2.34. The van der Waals surface area contributed by atoms with Gasteiger partial charge in [0.25, 0.3) is 0 Å².